The molecule has 0 unspecified atom stereocenters. The highest BCUT2D eigenvalue weighted by molar-refractivity contribution is 7.20. The van der Waals surface area contributed by atoms with Gasteiger partial charge < -0.3 is 0 Å². The maximum atomic E-state index is 13.1. The number of benzene rings is 2. The number of hydrazone groups is 1. The molecule has 0 bridgehead atoms. The van der Waals surface area contributed by atoms with Crippen molar-refractivity contribution in [3.63, 3.8) is 0 Å². The molecular weight excluding hydrogens is 476 g/mol. The molecule has 3 heterocycles. The quantitative estimate of drug-likeness (QED) is 0.196. The minimum absolute atomic E-state index is 0.115. The summed E-state index contributed by atoms with van der Waals surface area (Å²) >= 11 is 1.37. The number of anilines is 1. The van der Waals surface area contributed by atoms with Gasteiger partial charge in [0.05, 0.1) is 27.3 Å². The van der Waals surface area contributed by atoms with Crippen LogP contribution < -0.4 is 11.0 Å². The van der Waals surface area contributed by atoms with Gasteiger partial charge in [-0.15, -0.1) is 21.6 Å². The van der Waals surface area contributed by atoms with Crippen LogP contribution in [0.3, 0.4) is 0 Å². The van der Waals surface area contributed by atoms with E-state index in [1.807, 2.05) is 54.6 Å². The minimum Gasteiger partial charge on any atom is -0.283 e. The molecule has 36 heavy (non-hydrogen) atoms. The van der Waals surface area contributed by atoms with Crippen molar-refractivity contribution >= 4 is 44.5 Å². The van der Waals surface area contributed by atoms with Crippen molar-refractivity contribution in [2.75, 3.05) is 5.43 Å². The molecule has 5 aromatic rings. The smallest absolute Gasteiger partial charge is 0.283 e. The first-order valence-electron chi connectivity index (χ1n) is 10.9. The Kier molecular flexibility index (Phi) is 5.97. The SMILES string of the molecule is Cc1[nH]nc(N/N=C(\C#N)c2nc3ccccc3s2)c1N=Nc1c(C)n(C)n(-c2ccccc2)c1=O. The summed E-state index contributed by atoms with van der Waals surface area (Å²) in [7, 11) is 1.79. The first kappa shape index (κ1) is 22.9. The van der Waals surface area contributed by atoms with Crippen molar-refractivity contribution in [1.82, 2.24) is 24.5 Å². The second-order valence-electron chi connectivity index (χ2n) is 7.83. The Hall–Kier alpha value is -4.89. The van der Waals surface area contributed by atoms with E-state index in [0.717, 1.165) is 15.9 Å². The number of aryl methyl sites for hydroxylation is 1. The van der Waals surface area contributed by atoms with Gasteiger partial charge in [0, 0.05) is 7.05 Å². The highest BCUT2D eigenvalue weighted by Crippen LogP contribution is 2.29. The standard InChI is InChI=1S/C24H20N10OS/c1-14-20(29-30-21-15(2)33(3)34(24(21)35)16-9-5-4-6-10-16)22(31-27-14)32-28-18(13-25)23-26-17-11-7-8-12-19(17)36-23/h4-12H,1-3H3,(H2,27,31,32)/b28-18+,30-29?. The largest absolute Gasteiger partial charge is 0.299 e. The van der Waals surface area contributed by atoms with Gasteiger partial charge in [0.2, 0.25) is 0 Å². The highest BCUT2D eigenvalue weighted by atomic mass is 32.1. The van der Waals surface area contributed by atoms with Gasteiger partial charge >= 0.3 is 0 Å². The van der Waals surface area contributed by atoms with Crippen molar-refractivity contribution in [1.29, 1.82) is 5.26 Å². The molecule has 0 saturated heterocycles. The van der Waals surface area contributed by atoms with E-state index in [9.17, 15) is 10.1 Å². The van der Waals surface area contributed by atoms with Crippen LogP contribution in [0.15, 0.2) is 74.7 Å². The first-order chi connectivity index (χ1) is 17.5. The Morgan fingerprint density at radius 1 is 1.08 bits per heavy atom. The zero-order chi connectivity index (χ0) is 25.2. The monoisotopic (exact) mass is 496 g/mol. The number of nitrogens with zero attached hydrogens (tertiary/aromatic N) is 8. The maximum Gasteiger partial charge on any atom is 0.299 e. The molecule has 0 saturated carbocycles. The van der Waals surface area contributed by atoms with Gasteiger partial charge in [-0.05, 0) is 38.1 Å². The van der Waals surface area contributed by atoms with E-state index >= 15 is 0 Å². The third-order valence-corrected chi connectivity index (χ3v) is 6.61. The number of azo groups is 1. The van der Waals surface area contributed by atoms with Crippen LogP contribution in [0, 0.1) is 25.2 Å². The molecule has 0 spiro atoms. The number of nitrogens with one attached hydrogen (secondary N) is 2. The number of H-pyrrole nitrogens is 1. The molecule has 0 fully saturated rings. The molecule has 0 aliphatic heterocycles. The molecule has 178 valence electrons. The number of thiazole rings is 1. The van der Waals surface area contributed by atoms with Crippen LogP contribution in [-0.4, -0.2) is 30.3 Å². The molecule has 12 heteroatoms. The molecule has 0 radical (unpaired) electrons. The second-order valence-corrected chi connectivity index (χ2v) is 8.86. The summed E-state index contributed by atoms with van der Waals surface area (Å²) in [4.78, 5) is 17.6. The molecule has 3 aromatic heterocycles. The molecular formula is C24H20N10OS. The van der Waals surface area contributed by atoms with E-state index in [0.29, 0.717) is 22.1 Å². The van der Waals surface area contributed by atoms with Crippen molar-refractivity contribution in [3.8, 4) is 11.8 Å². The van der Waals surface area contributed by atoms with Crippen LogP contribution >= 0.6 is 11.3 Å². The number of aromatic nitrogens is 5. The summed E-state index contributed by atoms with van der Waals surface area (Å²) in [5.74, 6) is 0.266. The zero-order valence-corrected chi connectivity index (χ0v) is 20.4. The summed E-state index contributed by atoms with van der Waals surface area (Å²) in [5, 5.41) is 29.9. The number of hydrogen-bond acceptors (Lipinski definition) is 9. The minimum atomic E-state index is -0.291. The highest BCUT2D eigenvalue weighted by Gasteiger charge is 2.17. The molecule has 0 atom stereocenters. The van der Waals surface area contributed by atoms with Gasteiger partial charge in [0.1, 0.15) is 6.07 Å². The molecule has 0 aliphatic carbocycles. The lowest BCUT2D eigenvalue weighted by atomic mass is 10.3. The van der Waals surface area contributed by atoms with Crippen molar-refractivity contribution in [3.05, 3.63) is 81.3 Å². The lowest BCUT2D eigenvalue weighted by Gasteiger charge is -2.07. The summed E-state index contributed by atoms with van der Waals surface area (Å²) in [5.41, 5.74) is 5.99. The number of aromatic amines is 1. The Morgan fingerprint density at radius 3 is 2.56 bits per heavy atom. The van der Waals surface area contributed by atoms with Gasteiger partial charge in [0.25, 0.3) is 5.56 Å². The van der Waals surface area contributed by atoms with E-state index in [2.05, 4.69) is 42.0 Å². The maximum absolute atomic E-state index is 13.1. The first-order valence-corrected chi connectivity index (χ1v) is 11.7. The fourth-order valence-electron chi connectivity index (χ4n) is 3.60. The number of nitriles is 1. The Bertz CT molecular complexity index is 1700. The van der Waals surface area contributed by atoms with Crippen molar-refractivity contribution in [2.24, 2.45) is 22.4 Å². The van der Waals surface area contributed by atoms with Crippen LogP contribution in [-0.2, 0) is 7.05 Å². The van der Waals surface area contributed by atoms with Crippen LogP contribution in [0.25, 0.3) is 15.9 Å². The fourth-order valence-corrected chi connectivity index (χ4v) is 4.50. The number of rotatable bonds is 6. The molecule has 5 rings (SSSR count). The van der Waals surface area contributed by atoms with Crippen LogP contribution in [0.4, 0.5) is 17.2 Å². The molecule has 0 amide bonds. The molecule has 0 aliphatic rings. The van der Waals surface area contributed by atoms with Crippen LogP contribution in [0.2, 0.25) is 0 Å². The van der Waals surface area contributed by atoms with Crippen LogP contribution in [0.5, 0.6) is 0 Å². The van der Waals surface area contributed by atoms with Crippen LogP contribution in [0.1, 0.15) is 16.4 Å². The predicted octanol–water partition coefficient (Wildman–Crippen LogP) is 4.88. The van der Waals surface area contributed by atoms with Gasteiger partial charge in [-0.3, -0.25) is 20.0 Å². The molecule has 2 aromatic carbocycles. The van der Waals surface area contributed by atoms with E-state index in [4.69, 9.17) is 0 Å². The Balaban J connectivity index is 1.45. The van der Waals surface area contributed by atoms with E-state index in [1.54, 1.807) is 25.6 Å². The average molecular weight is 497 g/mol. The number of para-hydroxylation sites is 2. The lowest BCUT2D eigenvalue weighted by Crippen LogP contribution is -2.19. The zero-order valence-electron chi connectivity index (χ0n) is 19.6. The third kappa shape index (κ3) is 4.08. The van der Waals surface area contributed by atoms with Gasteiger partial charge in [-0.1, -0.05) is 30.3 Å². The van der Waals surface area contributed by atoms with E-state index in [1.165, 1.54) is 16.0 Å². The van der Waals surface area contributed by atoms with Gasteiger partial charge in [-0.2, -0.15) is 15.5 Å². The van der Waals surface area contributed by atoms with E-state index in [-0.39, 0.29) is 22.8 Å². The normalized spacial score (nSPS) is 11.9. The molecule has 2 N–H and O–H groups in total. The fraction of sp³-hybridized carbons (Fsp3) is 0.125. The van der Waals surface area contributed by atoms with Crippen molar-refractivity contribution < 1.29 is 0 Å². The third-order valence-electron chi connectivity index (χ3n) is 5.56. The Labute approximate surface area is 209 Å². The average Bonchev–Trinajstić information content (AvgIpc) is 3.54. The summed E-state index contributed by atoms with van der Waals surface area (Å²) in [6, 6.07) is 19.0. The summed E-state index contributed by atoms with van der Waals surface area (Å²) < 4.78 is 4.22. The second kappa shape index (κ2) is 9.40. The van der Waals surface area contributed by atoms with E-state index < -0.39 is 0 Å². The number of fused-ring (bicyclic) bond motifs is 1. The van der Waals surface area contributed by atoms with Crippen molar-refractivity contribution in [2.45, 2.75) is 13.8 Å². The molecule has 11 nitrogen and oxygen atoms in total. The Morgan fingerprint density at radius 2 is 1.81 bits per heavy atom. The summed E-state index contributed by atoms with van der Waals surface area (Å²) in [6.07, 6.45) is 0. The lowest BCUT2D eigenvalue weighted by molar-refractivity contribution is 0.630. The predicted molar refractivity (Wildman–Crippen MR) is 139 cm³/mol. The van der Waals surface area contributed by atoms with Gasteiger partial charge in [0.15, 0.2) is 27.9 Å². The summed E-state index contributed by atoms with van der Waals surface area (Å²) in [6.45, 7) is 3.58. The number of hydrogen-bond donors (Lipinski definition) is 2. The van der Waals surface area contributed by atoms with Gasteiger partial charge in [-0.25, -0.2) is 9.67 Å². The topological polar surface area (TPSA) is 141 Å².